The highest BCUT2D eigenvalue weighted by Gasteiger charge is 2.37. The third kappa shape index (κ3) is 2.45. The molecule has 2 nitrogen and oxygen atoms in total. The lowest BCUT2D eigenvalue weighted by Gasteiger charge is -2.20. The van der Waals surface area contributed by atoms with Gasteiger partial charge in [0.1, 0.15) is 0 Å². The average molecular weight is 251 g/mol. The van der Waals surface area contributed by atoms with Gasteiger partial charge in [-0.2, -0.15) is 0 Å². The van der Waals surface area contributed by atoms with E-state index in [1.165, 1.54) is 5.56 Å². The Hall–Kier alpha value is -0.670. The number of fused-ring (bicyclic) bond motifs is 1. The van der Waals surface area contributed by atoms with Crippen LogP contribution in [0.1, 0.15) is 44.7 Å². The van der Waals surface area contributed by atoms with Gasteiger partial charge < -0.3 is 5.32 Å². The molecule has 3 heteroatoms. The third-order valence-electron chi connectivity index (χ3n) is 3.31. The zero-order valence-corrected chi connectivity index (χ0v) is 11.4. The summed E-state index contributed by atoms with van der Waals surface area (Å²) in [5.74, 6) is 0. The molecule has 0 aromatic heterocycles. The smallest absolute Gasteiger partial charge is 0.0590 e. The highest BCUT2D eigenvalue weighted by Crippen LogP contribution is 2.38. The summed E-state index contributed by atoms with van der Waals surface area (Å²) in [5.41, 5.74) is 1.25. The molecular formula is C14H21NOS. The SMILES string of the molecule is CCCNC1c2ccccc2S(=O)C1CCC. The van der Waals surface area contributed by atoms with Gasteiger partial charge in [-0.15, -0.1) is 0 Å². The van der Waals surface area contributed by atoms with Crippen molar-refractivity contribution in [2.75, 3.05) is 6.54 Å². The van der Waals surface area contributed by atoms with E-state index in [-0.39, 0.29) is 11.3 Å². The van der Waals surface area contributed by atoms with Crippen LogP contribution in [0.5, 0.6) is 0 Å². The molecule has 1 heterocycles. The molecule has 0 bridgehead atoms. The Morgan fingerprint density at radius 3 is 2.71 bits per heavy atom. The predicted molar refractivity (Wildman–Crippen MR) is 72.6 cm³/mol. The maximum Gasteiger partial charge on any atom is 0.0590 e. The van der Waals surface area contributed by atoms with E-state index in [9.17, 15) is 4.21 Å². The first-order valence-corrected chi connectivity index (χ1v) is 7.73. The van der Waals surface area contributed by atoms with Crippen molar-refractivity contribution in [1.82, 2.24) is 5.32 Å². The standard InChI is InChI=1S/C14H21NOS/c1-3-7-13-14(15-10-4-2)11-8-5-6-9-12(11)17(13)16/h5-6,8-9,13-15H,3-4,7,10H2,1-2H3. The van der Waals surface area contributed by atoms with Crippen molar-refractivity contribution >= 4 is 10.8 Å². The predicted octanol–water partition coefficient (Wildman–Crippen LogP) is 3.02. The fourth-order valence-corrected chi connectivity index (χ4v) is 4.41. The van der Waals surface area contributed by atoms with Crippen molar-refractivity contribution in [2.45, 2.75) is 49.3 Å². The van der Waals surface area contributed by atoms with E-state index in [4.69, 9.17) is 0 Å². The van der Waals surface area contributed by atoms with Crippen LogP contribution in [0.15, 0.2) is 29.2 Å². The summed E-state index contributed by atoms with van der Waals surface area (Å²) in [7, 11) is -0.831. The Morgan fingerprint density at radius 2 is 2.00 bits per heavy atom. The molecule has 0 radical (unpaired) electrons. The summed E-state index contributed by atoms with van der Waals surface area (Å²) in [6.45, 7) is 5.33. The first-order chi connectivity index (χ1) is 8.29. The van der Waals surface area contributed by atoms with E-state index in [0.29, 0.717) is 0 Å². The quantitative estimate of drug-likeness (QED) is 0.871. The van der Waals surface area contributed by atoms with E-state index in [1.54, 1.807) is 0 Å². The lowest BCUT2D eigenvalue weighted by atomic mass is 10.0. The van der Waals surface area contributed by atoms with Crippen LogP contribution < -0.4 is 5.32 Å². The van der Waals surface area contributed by atoms with E-state index < -0.39 is 10.8 Å². The monoisotopic (exact) mass is 251 g/mol. The molecule has 0 aliphatic carbocycles. The average Bonchev–Trinajstić information content (AvgIpc) is 2.62. The summed E-state index contributed by atoms with van der Waals surface area (Å²) in [6.07, 6.45) is 3.24. The molecular weight excluding hydrogens is 230 g/mol. The van der Waals surface area contributed by atoms with Crippen LogP contribution in [-0.2, 0) is 10.8 Å². The Balaban J connectivity index is 2.28. The van der Waals surface area contributed by atoms with Gasteiger partial charge in [0, 0.05) is 10.9 Å². The Morgan fingerprint density at radius 1 is 1.24 bits per heavy atom. The Bertz CT molecular complexity index is 405. The largest absolute Gasteiger partial charge is 0.309 e. The molecule has 3 atom stereocenters. The zero-order chi connectivity index (χ0) is 12.3. The minimum absolute atomic E-state index is 0.254. The van der Waals surface area contributed by atoms with Crippen LogP contribution in [0, 0.1) is 0 Å². The molecule has 0 amide bonds. The topological polar surface area (TPSA) is 29.1 Å². The van der Waals surface area contributed by atoms with Gasteiger partial charge in [0.2, 0.25) is 0 Å². The molecule has 1 aliphatic heterocycles. The summed E-state index contributed by atoms with van der Waals surface area (Å²) in [5, 5.41) is 3.81. The second-order valence-corrected chi connectivity index (χ2v) is 6.23. The second-order valence-electron chi connectivity index (χ2n) is 4.59. The molecule has 1 aliphatic rings. The second kappa shape index (κ2) is 5.78. The zero-order valence-electron chi connectivity index (χ0n) is 10.6. The van der Waals surface area contributed by atoms with Crippen molar-refractivity contribution in [3.8, 4) is 0 Å². The molecule has 1 aromatic carbocycles. The number of benzene rings is 1. The molecule has 0 fully saturated rings. The lowest BCUT2D eigenvalue weighted by Crippen LogP contribution is -2.30. The summed E-state index contributed by atoms with van der Waals surface area (Å²) in [4.78, 5) is 1.04. The minimum atomic E-state index is -0.831. The van der Waals surface area contributed by atoms with Crippen molar-refractivity contribution in [3.63, 3.8) is 0 Å². The van der Waals surface area contributed by atoms with Gasteiger partial charge in [-0.05, 0) is 31.0 Å². The first-order valence-electron chi connectivity index (χ1n) is 6.52. The molecule has 94 valence electrons. The van der Waals surface area contributed by atoms with Crippen molar-refractivity contribution in [1.29, 1.82) is 0 Å². The molecule has 17 heavy (non-hydrogen) atoms. The van der Waals surface area contributed by atoms with Crippen molar-refractivity contribution in [2.24, 2.45) is 0 Å². The Kier molecular flexibility index (Phi) is 4.35. The molecule has 1 aromatic rings. The van der Waals surface area contributed by atoms with Gasteiger partial charge in [0.05, 0.1) is 16.0 Å². The van der Waals surface area contributed by atoms with Crippen molar-refractivity contribution < 1.29 is 4.21 Å². The van der Waals surface area contributed by atoms with E-state index in [1.807, 2.05) is 18.2 Å². The third-order valence-corrected chi connectivity index (χ3v) is 5.17. The number of hydrogen-bond donors (Lipinski definition) is 1. The normalized spacial score (nSPS) is 27.1. The molecule has 3 unspecified atom stereocenters. The lowest BCUT2D eigenvalue weighted by molar-refractivity contribution is 0.493. The summed E-state index contributed by atoms with van der Waals surface area (Å²) >= 11 is 0. The summed E-state index contributed by atoms with van der Waals surface area (Å²) < 4.78 is 12.4. The fraction of sp³-hybridized carbons (Fsp3) is 0.571. The maximum atomic E-state index is 12.4. The number of hydrogen-bond acceptors (Lipinski definition) is 2. The van der Waals surface area contributed by atoms with E-state index in [0.717, 1.165) is 30.7 Å². The van der Waals surface area contributed by atoms with Gasteiger partial charge >= 0.3 is 0 Å². The van der Waals surface area contributed by atoms with Gasteiger partial charge in [-0.25, -0.2) is 0 Å². The van der Waals surface area contributed by atoms with Crippen LogP contribution in [0.3, 0.4) is 0 Å². The van der Waals surface area contributed by atoms with Crippen LogP contribution >= 0.6 is 0 Å². The Labute approximate surface area is 106 Å². The minimum Gasteiger partial charge on any atom is -0.309 e. The number of nitrogens with one attached hydrogen (secondary N) is 1. The van der Waals surface area contributed by atoms with Gasteiger partial charge in [-0.3, -0.25) is 4.21 Å². The first kappa shape index (κ1) is 12.8. The van der Waals surface area contributed by atoms with E-state index in [2.05, 4.69) is 25.2 Å². The highest BCUT2D eigenvalue weighted by molar-refractivity contribution is 7.86. The van der Waals surface area contributed by atoms with Crippen LogP contribution in [0.25, 0.3) is 0 Å². The summed E-state index contributed by atoms with van der Waals surface area (Å²) in [6, 6.07) is 8.46. The molecule has 1 N–H and O–H groups in total. The molecule has 0 spiro atoms. The van der Waals surface area contributed by atoms with E-state index >= 15 is 0 Å². The molecule has 2 rings (SSSR count). The van der Waals surface area contributed by atoms with Crippen LogP contribution in [0.4, 0.5) is 0 Å². The van der Waals surface area contributed by atoms with Gasteiger partial charge in [0.15, 0.2) is 0 Å². The van der Waals surface area contributed by atoms with Crippen LogP contribution in [-0.4, -0.2) is 16.0 Å². The number of rotatable bonds is 5. The highest BCUT2D eigenvalue weighted by atomic mass is 32.2. The molecule has 0 saturated carbocycles. The van der Waals surface area contributed by atoms with Crippen molar-refractivity contribution in [3.05, 3.63) is 29.8 Å². The fourth-order valence-electron chi connectivity index (χ4n) is 2.51. The van der Waals surface area contributed by atoms with Gasteiger partial charge in [0.25, 0.3) is 0 Å². The van der Waals surface area contributed by atoms with Gasteiger partial charge in [-0.1, -0.05) is 38.5 Å². The molecule has 0 saturated heterocycles. The maximum absolute atomic E-state index is 12.4. The van der Waals surface area contributed by atoms with Crippen LogP contribution in [0.2, 0.25) is 0 Å².